The molecule has 5 nitrogen and oxygen atoms in total. The third kappa shape index (κ3) is 3.16. The van der Waals surface area contributed by atoms with Crippen LogP contribution in [0.3, 0.4) is 0 Å². The van der Waals surface area contributed by atoms with Crippen LogP contribution in [0, 0.1) is 18.8 Å². The van der Waals surface area contributed by atoms with Gasteiger partial charge in [-0.15, -0.1) is 11.3 Å². The van der Waals surface area contributed by atoms with Crippen LogP contribution in [-0.2, 0) is 9.59 Å². The Kier molecular flexibility index (Phi) is 4.47. The summed E-state index contributed by atoms with van der Waals surface area (Å²) >= 11 is 1.68. The largest absolute Gasteiger partial charge is 0.481 e. The molecule has 0 radical (unpaired) electrons. The van der Waals surface area contributed by atoms with Gasteiger partial charge in [0.05, 0.1) is 10.9 Å². The van der Waals surface area contributed by atoms with E-state index in [9.17, 15) is 9.59 Å². The minimum Gasteiger partial charge on any atom is -0.481 e. The average Bonchev–Trinajstić information content (AvgIpc) is 3.15. The van der Waals surface area contributed by atoms with Gasteiger partial charge in [0.2, 0.25) is 5.91 Å². The number of hydrogen-bond donors (Lipinski definition) is 1. The van der Waals surface area contributed by atoms with Crippen LogP contribution in [0.15, 0.2) is 5.38 Å². The first-order valence-electron chi connectivity index (χ1n) is 7.98. The summed E-state index contributed by atoms with van der Waals surface area (Å²) in [6, 6.07) is 0. The molecule has 1 N–H and O–H groups in total. The molecule has 1 aromatic rings. The molecule has 1 aliphatic carbocycles. The van der Waals surface area contributed by atoms with Gasteiger partial charge in [0.25, 0.3) is 0 Å². The van der Waals surface area contributed by atoms with Gasteiger partial charge >= 0.3 is 5.97 Å². The lowest BCUT2D eigenvalue weighted by Crippen LogP contribution is -2.42. The predicted octanol–water partition coefficient (Wildman–Crippen LogP) is 2.66. The molecule has 1 saturated heterocycles. The lowest BCUT2D eigenvalue weighted by molar-refractivity contribution is -0.141. The van der Waals surface area contributed by atoms with Crippen LogP contribution in [0.5, 0.6) is 0 Å². The molecule has 120 valence electrons. The Balaban J connectivity index is 1.62. The number of piperidine rings is 1. The third-order valence-corrected chi connectivity index (χ3v) is 5.98. The normalized spacial score (nSPS) is 28.8. The van der Waals surface area contributed by atoms with Crippen LogP contribution in [0.25, 0.3) is 0 Å². The van der Waals surface area contributed by atoms with Crippen molar-refractivity contribution in [1.29, 1.82) is 0 Å². The maximum atomic E-state index is 12.7. The van der Waals surface area contributed by atoms with Crippen LogP contribution >= 0.6 is 11.3 Å². The number of hydrogen-bond acceptors (Lipinski definition) is 4. The van der Waals surface area contributed by atoms with E-state index in [0.29, 0.717) is 25.2 Å². The quantitative estimate of drug-likeness (QED) is 0.929. The third-order valence-electron chi connectivity index (χ3n) is 4.85. The summed E-state index contributed by atoms with van der Waals surface area (Å²) in [6.45, 7) is 3.53. The smallest absolute Gasteiger partial charge is 0.306 e. The molecule has 2 aliphatic rings. The number of thiazole rings is 1. The Morgan fingerprint density at radius 2 is 2.09 bits per heavy atom. The van der Waals surface area contributed by atoms with Crippen molar-refractivity contribution in [2.24, 2.45) is 11.8 Å². The van der Waals surface area contributed by atoms with Crippen LogP contribution in [0.2, 0.25) is 0 Å². The van der Waals surface area contributed by atoms with Crippen molar-refractivity contribution in [2.75, 3.05) is 13.1 Å². The number of rotatable bonds is 3. The second-order valence-corrected chi connectivity index (χ2v) is 7.39. The summed E-state index contributed by atoms with van der Waals surface area (Å²) in [5, 5.41) is 12.3. The van der Waals surface area contributed by atoms with E-state index in [-0.39, 0.29) is 17.7 Å². The van der Waals surface area contributed by atoms with Gasteiger partial charge in [-0.3, -0.25) is 9.59 Å². The van der Waals surface area contributed by atoms with Crippen molar-refractivity contribution >= 4 is 23.2 Å². The van der Waals surface area contributed by atoms with E-state index in [4.69, 9.17) is 5.11 Å². The molecular weight excluding hydrogens is 300 g/mol. The predicted molar refractivity (Wildman–Crippen MR) is 83.9 cm³/mol. The molecule has 6 heteroatoms. The van der Waals surface area contributed by atoms with Crippen molar-refractivity contribution in [3.63, 3.8) is 0 Å². The summed E-state index contributed by atoms with van der Waals surface area (Å²) in [6.07, 6.45) is 3.94. The second kappa shape index (κ2) is 6.36. The highest BCUT2D eigenvalue weighted by Gasteiger charge is 2.37. The van der Waals surface area contributed by atoms with Crippen LogP contribution in [0.4, 0.5) is 0 Å². The molecule has 1 unspecified atom stereocenters. The number of carboxylic acids is 1. The fourth-order valence-electron chi connectivity index (χ4n) is 3.63. The summed E-state index contributed by atoms with van der Waals surface area (Å²) in [7, 11) is 0. The van der Waals surface area contributed by atoms with Gasteiger partial charge in [-0.2, -0.15) is 0 Å². The molecular formula is C16H22N2O3S. The highest BCUT2D eigenvalue weighted by atomic mass is 32.1. The van der Waals surface area contributed by atoms with Gasteiger partial charge in [0.1, 0.15) is 0 Å². The number of aliphatic carboxylic acids is 1. The highest BCUT2D eigenvalue weighted by Crippen LogP contribution is 2.35. The molecule has 3 atom stereocenters. The number of carbonyl (C=O) groups is 2. The molecule has 2 heterocycles. The van der Waals surface area contributed by atoms with Crippen molar-refractivity contribution in [3.05, 3.63) is 16.1 Å². The Morgan fingerprint density at radius 3 is 2.73 bits per heavy atom. The zero-order chi connectivity index (χ0) is 15.7. The maximum absolute atomic E-state index is 12.7. The SMILES string of the molecule is Cc1csc(C2CCCN(C(=O)[C@@H]3CC[C@H](C(=O)O)C3)C2)n1. The van der Waals surface area contributed by atoms with Crippen molar-refractivity contribution < 1.29 is 14.7 Å². The number of aromatic nitrogens is 1. The molecule has 0 aromatic carbocycles. The van der Waals surface area contributed by atoms with E-state index in [1.165, 1.54) is 0 Å². The summed E-state index contributed by atoms with van der Waals surface area (Å²) < 4.78 is 0. The van der Waals surface area contributed by atoms with E-state index in [1.807, 2.05) is 11.8 Å². The van der Waals surface area contributed by atoms with Crippen LogP contribution in [-0.4, -0.2) is 40.0 Å². The zero-order valence-electron chi connectivity index (χ0n) is 12.8. The first-order valence-corrected chi connectivity index (χ1v) is 8.86. The fourth-order valence-corrected chi connectivity index (χ4v) is 4.55. The summed E-state index contributed by atoms with van der Waals surface area (Å²) in [5.74, 6) is -0.700. The fraction of sp³-hybridized carbons (Fsp3) is 0.688. The van der Waals surface area contributed by atoms with E-state index in [1.54, 1.807) is 11.3 Å². The number of likely N-dealkylation sites (tertiary alicyclic amines) is 1. The Labute approximate surface area is 134 Å². The molecule has 1 aromatic heterocycles. The average molecular weight is 322 g/mol. The first-order chi connectivity index (χ1) is 10.5. The molecule has 1 amide bonds. The standard InChI is InChI=1S/C16H22N2O3S/c1-10-9-22-14(17-10)13-3-2-6-18(8-13)15(19)11-4-5-12(7-11)16(20)21/h9,11-13H,2-8H2,1H3,(H,20,21)/t11-,12+,13?/m1/s1. The molecule has 22 heavy (non-hydrogen) atoms. The molecule has 2 fully saturated rings. The minimum atomic E-state index is -0.759. The molecule has 1 saturated carbocycles. The highest BCUT2D eigenvalue weighted by molar-refractivity contribution is 7.09. The number of carbonyl (C=O) groups excluding carboxylic acids is 1. The lowest BCUT2D eigenvalue weighted by atomic mass is 9.96. The summed E-state index contributed by atoms with van der Waals surface area (Å²) in [4.78, 5) is 30.2. The minimum absolute atomic E-state index is 0.0992. The Morgan fingerprint density at radius 1 is 1.32 bits per heavy atom. The second-order valence-electron chi connectivity index (χ2n) is 6.50. The topological polar surface area (TPSA) is 70.5 Å². The maximum Gasteiger partial charge on any atom is 0.306 e. The van der Waals surface area contributed by atoms with E-state index in [0.717, 1.165) is 36.6 Å². The van der Waals surface area contributed by atoms with E-state index >= 15 is 0 Å². The van der Waals surface area contributed by atoms with Crippen LogP contribution in [0.1, 0.15) is 48.7 Å². The first kappa shape index (κ1) is 15.5. The van der Waals surface area contributed by atoms with Gasteiger partial charge < -0.3 is 10.0 Å². The number of nitrogens with zero attached hydrogens (tertiary/aromatic N) is 2. The number of amides is 1. The molecule has 0 bridgehead atoms. The van der Waals surface area contributed by atoms with Crippen LogP contribution < -0.4 is 0 Å². The van der Waals surface area contributed by atoms with E-state index in [2.05, 4.69) is 10.4 Å². The molecule has 3 rings (SSSR count). The monoisotopic (exact) mass is 322 g/mol. The molecule has 1 aliphatic heterocycles. The van der Waals surface area contributed by atoms with Gasteiger partial charge in [-0.25, -0.2) is 4.98 Å². The van der Waals surface area contributed by atoms with Crippen molar-refractivity contribution in [2.45, 2.75) is 44.9 Å². The summed E-state index contributed by atoms with van der Waals surface area (Å²) in [5.41, 5.74) is 1.04. The lowest BCUT2D eigenvalue weighted by Gasteiger charge is -2.33. The Hall–Kier alpha value is -1.43. The van der Waals surface area contributed by atoms with Gasteiger partial charge in [0.15, 0.2) is 0 Å². The van der Waals surface area contributed by atoms with E-state index < -0.39 is 5.97 Å². The van der Waals surface area contributed by atoms with Gasteiger partial charge in [0, 0.05) is 36.0 Å². The number of aryl methyl sites for hydroxylation is 1. The van der Waals surface area contributed by atoms with Gasteiger partial charge in [-0.05, 0) is 39.0 Å². The molecule has 0 spiro atoms. The zero-order valence-corrected chi connectivity index (χ0v) is 13.6. The van der Waals surface area contributed by atoms with Crippen molar-refractivity contribution in [3.8, 4) is 0 Å². The van der Waals surface area contributed by atoms with Crippen molar-refractivity contribution in [1.82, 2.24) is 9.88 Å². The van der Waals surface area contributed by atoms with Gasteiger partial charge in [-0.1, -0.05) is 0 Å². The Bertz CT molecular complexity index is 571. The number of carboxylic acid groups (broad SMARTS) is 1.